The number of carbonyl (C=O) groups is 1. The lowest BCUT2D eigenvalue weighted by atomic mass is 10.0. The van der Waals surface area contributed by atoms with Crippen LogP contribution in [0.25, 0.3) is 11.1 Å². The van der Waals surface area contributed by atoms with Gasteiger partial charge in [0.1, 0.15) is 11.6 Å². The van der Waals surface area contributed by atoms with Crippen LogP contribution in [0.15, 0.2) is 36.5 Å². The van der Waals surface area contributed by atoms with Crippen LogP contribution in [0.5, 0.6) is 5.75 Å². The second-order valence-electron chi connectivity index (χ2n) is 3.93. The Kier molecular flexibility index (Phi) is 3.79. The molecule has 2 aromatic rings. The average Bonchev–Trinajstić information content (AvgIpc) is 2.37. The van der Waals surface area contributed by atoms with Crippen LogP contribution in [0.4, 0.5) is 17.6 Å². The van der Waals surface area contributed by atoms with E-state index < -0.39 is 29.6 Å². The standard InChI is InChI=1S/C13H7F4NO3/c14-8-5-10(11(12(19)20)18-6-8)7-1-3-9(4-2-7)21-13(15,16)17/h1-6H,(H,19,20). The summed E-state index contributed by atoms with van der Waals surface area (Å²) in [5.41, 5.74) is -0.240. The van der Waals surface area contributed by atoms with Gasteiger partial charge in [0.25, 0.3) is 0 Å². The van der Waals surface area contributed by atoms with Crippen LogP contribution < -0.4 is 4.74 Å². The van der Waals surface area contributed by atoms with E-state index in [2.05, 4.69) is 9.72 Å². The molecule has 0 aliphatic rings. The number of hydrogen-bond acceptors (Lipinski definition) is 3. The fourth-order valence-electron chi connectivity index (χ4n) is 1.67. The largest absolute Gasteiger partial charge is 0.573 e. The van der Waals surface area contributed by atoms with Gasteiger partial charge in [0.05, 0.1) is 6.20 Å². The fourth-order valence-corrected chi connectivity index (χ4v) is 1.67. The van der Waals surface area contributed by atoms with E-state index in [0.29, 0.717) is 0 Å². The second kappa shape index (κ2) is 5.39. The molecule has 0 spiro atoms. The van der Waals surface area contributed by atoms with Crippen molar-refractivity contribution in [2.45, 2.75) is 6.36 Å². The lowest BCUT2D eigenvalue weighted by Crippen LogP contribution is -2.16. The molecular formula is C13H7F4NO3. The number of rotatable bonds is 3. The van der Waals surface area contributed by atoms with Crippen molar-refractivity contribution in [3.63, 3.8) is 0 Å². The summed E-state index contributed by atoms with van der Waals surface area (Å²) in [6.07, 6.45) is -4.08. The number of aromatic carboxylic acids is 1. The average molecular weight is 301 g/mol. The first kappa shape index (κ1) is 14.8. The first-order valence-electron chi connectivity index (χ1n) is 5.51. The molecule has 2 rings (SSSR count). The molecule has 21 heavy (non-hydrogen) atoms. The summed E-state index contributed by atoms with van der Waals surface area (Å²) in [6, 6.07) is 5.31. The molecule has 0 amide bonds. The zero-order valence-electron chi connectivity index (χ0n) is 10.2. The molecule has 0 saturated carbocycles. The van der Waals surface area contributed by atoms with Gasteiger partial charge in [-0.3, -0.25) is 0 Å². The lowest BCUT2D eigenvalue weighted by Gasteiger charge is -2.10. The Labute approximate surface area is 115 Å². The third-order valence-electron chi connectivity index (χ3n) is 2.46. The molecule has 1 aromatic heterocycles. The summed E-state index contributed by atoms with van der Waals surface area (Å²) in [5.74, 6) is -2.60. The maximum Gasteiger partial charge on any atom is 0.573 e. The SMILES string of the molecule is O=C(O)c1ncc(F)cc1-c1ccc(OC(F)(F)F)cc1. The molecule has 0 saturated heterocycles. The fraction of sp³-hybridized carbons (Fsp3) is 0.0769. The summed E-state index contributed by atoms with van der Waals surface area (Å²) in [4.78, 5) is 14.5. The molecule has 1 heterocycles. The zero-order valence-corrected chi connectivity index (χ0v) is 10.2. The Morgan fingerprint density at radius 3 is 2.33 bits per heavy atom. The van der Waals surface area contributed by atoms with Gasteiger partial charge in [-0.05, 0) is 23.8 Å². The number of hydrogen-bond donors (Lipinski definition) is 1. The Hall–Kier alpha value is -2.64. The Morgan fingerprint density at radius 2 is 1.81 bits per heavy atom. The summed E-state index contributed by atoms with van der Waals surface area (Å²) in [7, 11) is 0. The van der Waals surface area contributed by atoms with E-state index in [0.717, 1.165) is 24.4 Å². The molecule has 0 aliphatic carbocycles. The van der Waals surface area contributed by atoms with Crippen molar-refractivity contribution in [3.05, 3.63) is 48.0 Å². The Morgan fingerprint density at radius 1 is 1.19 bits per heavy atom. The summed E-state index contributed by atoms with van der Waals surface area (Å²) in [6.45, 7) is 0. The van der Waals surface area contributed by atoms with E-state index in [1.165, 1.54) is 12.1 Å². The second-order valence-corrected chi connectivity index (χ2v) is 3.93. The quantitative estimate of drug-likeness (QED) is 0.882. The number of benzene rings is 1. The number of nitrogens with zero attached hydrogens (tertiary/aromatic N) is 1. The van der Waals surface area contributed by atoms with Gasteiger partial charge in [-0.2, -0.15) is 0 Å². The molecule has 4 nitrogen and oxygen atoms in total. The van der Waals surface area contributed by atoms with Gasteiger partial charge >= 0.3 is 12.3 Å². The predicted octanol–water partition coefficient (Wildman–Crippen LogP) is 3.48. The number of halogens is 4. The molecule has 0 atom stereocenters. The Bertz CT molecular complexity index is 668. The van der Waals surface area contributed by atoms with Crippen LogP contribution in [0.1, 0.15) is 10.5 Å². The van der Waals surface area contributed by atoms with Crippen LogP contribution in [0, 0.1) is 5.82 Å². The van der Waals surface area contributed by atoms with E-state index in [4.69, 9.17) is 5.11 Å². The van der Waals surface area contributed by atoms with Crippen molar-refractivity contribution in [1.82, 2.24) is 4.98 Å². The van der Waals surface area contributed by atoms with Gasteiger partial charge in [-0.25, -0.2) is 14.2 Å². The van der Waals surface area contributed by atoms with Crippen molar-refractivity contribution >= 4 is 5.97 Å². The van der Waals surface area contributed by atoms with Crippen molar-refractivity contribution in [2.24, 2.45) is 0 Å². The van der Waals surface area contributed by atoms with Crippen molar-refractivity contribution < 1.29 is 32.2 Å². The highest BCUT2D eigenvalue weighted by Gasteiger charge is 2.31. The molecule has 1 aromatic carbocycles. The van der Waals surface area contributed by atoms with Crippen LogP contribution >= 0.6 is 0 Å². The summed E-state index contributed by atoms with van der Waals surface area (Å²) < 4.78 is 52.9. The summed E-state index contributed by atoms with van der Waals surface area (Å²) >= 11 is 0. The number of aromatic nitrogens is 1. The summed E-state index contributed by atoms with van der Waals surface area (Å²) in [5, 5.41) is 8.97. The van der Waals surface area contributed by atoms with Gasteiger partial charge in [0.2, 0.25) is 0 Å². The zero-order chi connectivity index (χ0) is 15.6. The highest BCUT2D eigenvalue weighted by molar-refractivity contribution is 5.93. The van der Waals surface area contributed by atoms with Gasteiger partial charge in [0.15, 0.2) is 5.69 Å². The first-order valence-corrected chi connectivity index (χ1v) is 5.51. The lowest BCUT2D eigenvalue weighted by molar-refractivity contribution is -0.274. The minimum absolute atomic E-state index is 0.0407. The van der Waals surface area contributed by atoms with Crippen molar-refractivity contribution in [2.75, 3.05) is 0 Å². The van der Waals surface area contributed by atoms with Crippen molar-refractivity contribution in [1.29, 1.82) is 0 Å². The van der Waals surface area contributed by atoms with Crippen LogP contribution in [-0.4, -0.2) is 22.4 Å². The van der Waals surface area contributed by atoms with Gasteiger partial charge in [-0.15, -0.1) is 13.2 Å². The third-order valence-corrected chi connectivity index (χ3v) is 2.46. The highest BCUT2D eigenvalue weighted by atomic mass is 19.4. The normalized spacial score (nSPS) is 11.2. The highest BCUT2D eigenvalue weighted by Crippen LogP contribution is 2.28. The number of carboxylic acid groups (broad SMARTS) is 1. The number of carboxylic acids is 1. The van der Waals surface area contributed by atoms with Crippen LogP contribution in [-0.2, 0) is 0 Å². The minimum atomic E-state index is -4.83. The van der Waals surface area contributed by atoms with E-state index in [-0.39, 0.29) is 11.1 Å². The number of alkyl halides is 3. The molecule has 0 bridgehead atoms. The predicted molar refractivity (Wildman–Crippen MR) is 63.3 cm³/mol. The molecule has 110 valence electrons. The van der Waals surface area contributed by atoms with Gasteiger partial charge in [-0.1, -0.05) is 12.1 Å². The molecule has 8 heteroatoms. The number of ether oxygens (including phenoxy) is 1. The van der Waals surface area contributed by atoms with E-state index in [1.54, 1.807) is 0 Å². The molecule has 1 N–H and O–H groups in total. The third kappa shape index (κ3) is 3.68. The first-order chi connectivity index (χ1) is 9.76. The topological polar surface area (TPSA) is 59.4 Å². The molecule has 0 fully saturated rings. The number of pyridine rings is 1. The van der Waals surface area contributed by atoms with E-state index >= 15 is 0 Å². The molecule has 0 unspecified atom stereocenters. The van der Waals surface area contributed by atoms with Crippen LogP contribution in [0.2, 0.25) is 0 Å². The Balaban J connectivity index is 2.39. The minimum Gasteiger partial charge on any atom is -0.476 e. The van der Waals surface area contributed by atoms with Crippen LogP contribution in [0.3, 0.4) is 0 Å². The van der Waals surface area contributed by atoms with E-state index in [9.17, 15) is 22.4 Å². The maximum absolute atomic E-state index is 13.2. The van der Waals surface area contributed by atoms with E-state index in [1.807, 2.05) is 0 Å². The van der Waals surface area contributed by atoms with Gasteiger partial charge < -0.3 is 9.84 Å². The maximum atomic E-state index is 13.2. The molecule has 0 aliphatic heterocycles. The van der Waals surface area contributed by atoms with Gasteiger partial charge in [0, 0.05) is 5.56 Å². The monoisotopic (exact) mass is 301 g/mol. The molecule has 0 radical (unpaired) electrons. The van der Waals surface area contributed by atoms with Crippen molar-refractivity contribution in [3.8, 4) is 16.9 Å². The smallest absolute Gasteiger partial charge is 0.476 e. The molecular weight excluding hydrogens is 294 g/mol.